The maximum absolute atomic E-state index is 12.5. The van der Waals surface area contributed by atoms with Crippen LogP contribution in [0.4, 0.5) is 0 Å². The number of carbonyl (C=O) groups excluding carboxylic acids is 1. The molecule has 0 bridgehead atoms. The topological polar surface area (TPSA) is 74.3 Å². The number of methoxy groups -OCH3 is 1. The summed E-state index contributed by atoms with van der Waals surface area (Å²) in [4.78, 5) is 17.2. The molecule has 0 saturated heterocycles. The molecule has 0 N–H and O–H groups in total. The van der Waals surface area contributed by atoms with Gasteiger partial charge in [-0.15, -0.1) is 0 Å². The second-order valence-electron chi connectivity index (χ2n) is 6.55. The van der Waals surface area contributed by atoms with Gasteiger partial charge in [-0.05, 0) is 26.8 Å². The molecule has 0 fully saturated rings. The minimum Gasteiger partial charge on any atom is -0.464 e. The summed E-state index contributed by atoms with van der Waals surface area (Å²) in [6.45, 7) is 6.77. The quantitative estimate of drug-likeness (QED) is 0.509. The van der Waals surface area contributed by atoms with Crippen LogP contribution < -0.4 is 0 Å². The number of hydrogen-bond acceptors (Lipinski definition) is 5. The van der Waals surface area contributed by atoms with E-state index in [9.17, 15) is 4.79 Å². The van der Waals surface area contributed by atoms with Crippen LogP contribution in [-0.4, -0.2) is 37.5 Å². The first kappa shape index (κ1) is 17.9. The van der Waals surface area contributed by atoms with Gasteiger partial charge in [0.1, 0.15) is 0 Å². The number of carbonyl (C=O) groups is 1. The second kappa shape index (κ2) is 6.92. The molecule has 0 spiro atoms. The van der Waals surface area contributed by atoms with Crippen molar-refractivity contribution in [2.75, 3.05) is 7.11 Å². The van der Waals surface area contributed by atoms with Gasteiger partial charge >= 0.3 is 5.97 Å². The zero-order valence-electron chi connectivity index (χ0n) is 16.3. The van der Waals surface area contributed by atoms with E-state index in [0.29, 0.717) is 17.0 Å². The van der Waals surface area contributed by atoms with Gasteiger partial charge in [-0.1, -0.05) is 30.3 Å². The van der Waals surface area contributed by atoms with Gasteiger partial charge in [-0.3, -0.25) is 4.68 Å². The Morgan fingerprint density at radius 1 is 1.07 bits per heavy atom. The Hall–Kier alpha value is -3.48. The van der Waals surface area contributed by atoms with Crippen molar-refractivity contribution >= 4 is 11.6 Å². The Bertz CT molecular complexity index is 1170. The maximum atomic E-state index is 12.5. The van der Waals surface area contributed by atoms with Crippen LogP contribution in [-0.2, 0) is 11.3 Å². The number of esters is 1. The average molecular weight is 375 g/mol. The molecule has 4 aromatic rings. The predicted molar refractivity (Wildman–Crippen MR) is 106 cm³/mol. The number of rotatable bonds is 4. The standard InChI is InChI=1S/C21H21N5O2/c1-5-25-14(3)20(13(2)23-25)17-11-18(21(27)28-4)26-19(22-17)12-16(24-26)15-9-7-6-8-10-15/h6-12H,5H2,1-4H3. The highest BCUT2D eigenvalue weighted by Gasteiger charge is 2.21. The van der Waals surface area contributed by atoms with Gasteiger partial charge in [0, 0.05) is 29.4 Å². The molecule has 0 radical (unpaired) electrons. The molecule has 28 heavy (non-hydrogen) atoms. The van der Waals surface area contributed by atoms with Crippen molar-refractivity contribution in [3.63, 3.8) is 0 Å². The van der Waals surface area contributed by atoms with Crippen molar-refractivity contribution < 1.29 is 9.53 Å². The van der Waals surface area contributed by atoms with Gasteiger partial charge < -0.3 is 4.74 Å². The van der Waals surface area contributed by atoms with Crippen molar-refractivity contribution in [1.29, 1.82) is 0 Å². The fourth-order valence-electron chi connectivity index (χ4n) is 3.48. The summed E-state index contributed by atoms with van der Waals surface area (Å²) >= 11 is 0. The lowest BCUT2D eigenvalue weighted by Gasteiger charge is -2.07. The number of ether oxygens (including phenoxy) is 1. The lowest BCUT2D eigenvalue weighted by atomic mass is 10.1. The number of aryl methyl sites for hydroxylation is 2. The predicted octanol–water partition coefficient (Wildman–Crippen LogP) is 3.68. The van der Waals surface area contributed by atoms with Gasteiger partial charge in [0.05, 0.1) is 24.2 Å². The highest BCUT2D eigenvalue weighted by atomic mass is 16.5. The first-order chi connectivity index (χ1) is 13.5. The molecule has 0 amide bonds. The van der Waals surface area contributed by atoms with E-state index in [-0.39, 0.29) is 0 Å². The van der Waals surface area contributed by atoms with Crippen LogP contribution in [0.5, 0.6) is 0 Å². The summed E-state index contributed by atoms with van der Waals surface area (Å²) < 4.78 is 8.45. The molecule has 3 heterocycles. The highest BCUT2D eigenvalue weighted by molar-refractivity contribution is 5.90. The summed E-state index contributed by atoms with van der Waals surface area (Å²) in [6, 6.07) is 13.4. The molecule has 0 atom stereocenters. The number of hydrogen-bond donors (Lipinski definition) is 0. The van der Waals surface area contributed by atoms with Gasteiger partial charge in [-0.25, -0.2) is 14.3 Å². The molecule has 0 aliphatic carbocycles. The van der Waals surface area contributed by atoms with Crippen LogP contribution in [0.2, 0.25) is 0 Å². The van der Waals surface area contributed by atoms with Crippen molar-refractivity contribution in [3.05, 3.63) is 59.5 Å². The molecule has 3 aromatic heterocycles. The van der Waals surface area contributed by atoms with E-state index in [0.717, 1.165) is 34.8 Å². The summed E-state index contributed by atoms with van der Waals surface area (Å²) in [6.07, 6.45) is 0. The molecule has 7 nitrogen and oxygen atoms in total. The van der Waals surface area contributed by atoms with Crippen molar-refractivity contribution in [2.45, 2.75) is 27.3 Å². The third-order valence-corrected chi connectivity index (χ3v) is 4.83. The lowest BCUT2D eigenvalue weighted by molar-refractivity contribution is 0.0590. The zero-order chi connectivity index (χ0) is 19.8. The summed E-state index contributed by atoms with van der Waals surface area (Å²) in [7, 11) is 1.36. The van der Waals surface area contributed by atoms with E-state index in [4.69, 9.17) is 9.72 Å². The van der Waals surface area contributed by atoms with Crippen LogP contribution >= 0.6 is 0 Å². The monoisotopic (exact) mass is 375 g/mol. The Kier molecular flexibility index (Phi) is 4.43. The highest BCUT2D eigenvalue weighted by Crippen LogP contribution is 2.28. The number of aromatic nitrogens is 5. The average Bonchev–Trinajstić information content (AvgIpc) is 3.27. The summed E-state index contributed by atoms with van der Waals surface area (Å²) in [5, 5.41) is 9.16. The Morgan fingerprint density at radius 3 is 2.46 bits per heavy atom. The van der Waals surface area contributed by atoms with E-state index in [1.54, 1.807) is 6.07 Å². The second-order valence-corrected chi connectivity index (χ2v) is 6.55. The van der Waals surface area contributed by atoms with Crippen LogP contribution in [0.1, 0.15) is 28.8 Å². The number of nitrogens with zero attached hydrogens (tertiary/aromatic N) is 5. The van der Waals surface area contributed by atoms with Crippen LogP contribution in [0.25, 0.3) is 28.2 Å². The van der Waals surface area contributed by atoms with E-state index >= 15 is 0 Å². The van der Waals surface area contributed by atoms with Crippen molar-refractivity contribution in [1.82, 2.24) is 24.4 Å². The zero-order valence-corrected chi connectivity index (χ0v) is 16.3. The first-order valence-electron chi connectivity index (χ1n) is 9.12. The minimum absolute atomic E-state index is 0.327. The van der Waals surface area contributed by atoms with Gasteiger partial charge in [-0.2, -0.15) is 10.2 Å². The molecule has 0 aliphatic rings. The Balaban J connectivity index is 1.97. The molecular formula is C21H21N5O2. The third kappa shape index (κ3) is 2.85. The molecule has 7 heteroatoms. The van der Waals surface area contributed by atoms with E-state index < -0.39 is 5.97 Å². The van der Waals surface area contributed by atoms with Gasteiger partial charge in [0.2, 0.25) is 0 Å². The molecule has 4 rings (SSSR count). The maximum Gasteiger partial charge on any atom is 0.356 e. The Morgan fingerprint density at radius 2 is 1.82 bits per heavy atom. The number of benzene rings is 1. The van der Waals surface area contributed by atoms with E-state index in [2.05, 4.69) is 10.2 Å². The third-order valence-electron chi connectivity index (χ3n) is 4.83. The fraction of sp³-hybridized carbons (Fsp3) is 0.238. The minimum atomic E-state index is -0.463. The van der Waals surface area contributed by atoms with E-state index in [1.807, 2.05) is 61.9 Å². The van der Waals surface area contributed by atoms with E-state index in [1.165, 1.54) is 11.6 Å². The molecule has 0 aliphatic heterocycles. The van der Waals surface area contributed by atoms with Gasteiger partial charge in [0.25, 0.3) is 0 Å². The summed E-state index contributed by atoms with van der Waals surface area (Å²) in [5.41, 5.74) is 6.10. The molecule has 0 unspecified atom stereocenters. The normalized spacial score (nSPS) is 11.1. The lowest BCUT2D eigenvalue weighted by Crippen LogP contribution is -2.11. The molecule has 142 valence electrons. The molecule has 0 saturated carbocycles. The summed E-state index contributed by atoms with van der Waals surface area (Å²) in [5.74, 6) is -0.463. The number of fused-ring (bicyclic) bond motifs is 1. The SMILES string of the molecule is CCn1nc(C)c(-c2cc(C(=O)OC)n3nc(-c4ccccc4)cc3n2)c1C. The molecule has 1 aromatic carbocycles. The van der Waals surface area contributed by atoms with Gasteiger partial charge in [0.15, 0.2) is 11.3 Å². The van der Waals surface area contributed by atoms with Crippen LogP contribution in [0, 0.1) is 13.8 Å². The Labute approximate surface area is 162 Å². The largest absolute Gasteiger partial charge is 0.464 e. The first-order valence-corrected chi connectivity index (χ1v) is 9.12. The van der Waals surface area contributed by atoms with Crippen LogP contribution in [0.15, 0.2) is 42.5 Å². The van der Waals surface area contributed by atoms with Crippen molar-refractivity contribution in [2.24, 2.45) is 0 Å². The van der Waals surface area contributed by atoms with Crippen LogP contribution in [0.3, 0.4) is 0 Å². The molecular weight excluding hydrogens is 354 g/mol. The van der Waals surface area contributed by atoms with Crippen molar-refractivity contribution in [3.8, 4) is 22.5 Å². The smallest absolute Gasteiger partial charge is 0.356 e. The fourth-order valence-corrected chi connectivity index (χ4v) is 3.48.